The van der Waals surface area contributed by atoms with Gasteiger partial charge in [0.05, 0.1) is 10.8 Å². The minimum absolute atomic E-state index is 0.00803. The van der Waals surface area contributed by atoms with E-state index < -0.39 is 0 Å². The quantitative estimate of drug-likeness (QED) is 0.728. The van der Waals surface area contributed by atoms with Crippen LogP contribution in [-0.2, 0) is 19.7 Å². The van der Waals surface area contributed by atoms with Crippen LogP contribution in [0.15, 0.2) is 41.8 Å². The number of anilines is 1. The van der Waals surface area contributed by atoms with E-state index in [9.17, 15) is 14.4 Å². The van der Waals surface area contributed by atoms with E-state index in [0.29, 0.717) is 36.5 Å². The third-order valence-corrected chi connectivity index (χ3v) is 6.09. The largest absolute Gasteiger partial charge is 0.455 e. The molecule has 0 bridgehead atoms. The number of carbonyl (C=O) groups excluding carboxylic acids is 3. The number of piperidine rings is 1. The molecule has 3 rings (SSSR count). The highest BCUT2D eigenvalue weighted by atomic mass is 32.1. The summed E-state index contributed by atoms with van der Waals surface area (Å²) in [5.41, 5.74) is 1.89. The normalized spacial score (nSPS) is 15.0. The zero-order chi connectivity index (χ0) is 21.7. The first-order valence-electron chi connectivity index (χ1n) is 10.1. The van der Waals surface area contributed by atoms with Gasteiger partial charge in [0, 0.05) is 18.8 Å². The SMILES string of the molecule is CC(C)(C)c1ccc(NC(=O)COC(=O)C2CCN(C(=O)c3cccs3)CC2)cc1. The van der Waals surface area contributed by atoms with Gasteiger partial charge in [-0.3, -0.25) is 14.4 Å². The van der Waals surface area contributed by atoms with Crippen LogP contribution in [0.2, 0.25) is 0 Å². The lowest BCUT2D eigenvalue weighted by Gasteiger charge is -2.30. The highest BCUT2D eigenvalue weighted by Crippen LogP contribution is 2.24. The van der Waals surface area contributed by atoms with E-state index >= 15 is 0 Å². The lowest BCUT2D eigenvalue weighted by molar-refractivity contribution is -0.152. The summed E-state index contributed by atoms with van der Waals surface area (Å²) < 4.78 is 5.21. The molecule has 160 valence electrons. The van der Waals surface area contributed by atoms with Gasteiger partial charge in [-0.05, 0) is 47.4 Å². The minimum atomic E-state index is -0.378. The van der Waals surface area contributed by atoms with Crippen molar-refractivity contribution in [3.05, 3.63) is 52.2 Å². The molecule has 1 aliphatic rings. The fourth-order valence-electron chi connectivity index (χ4n) is 3.38. The Morgan fingerprint density at radius 3 is 2.33 bits per heavy atom. The second-order valence-corrected chi connectivity index (χ2v) is 9.47. The van der Waals surface area contributed by atoms with Gasteiger partial charge < -0.3 is 15.0 Å². The van der Waals surface area contributed by atoms with Crippen LogP contribution in [0, 0.1) is 5.92 Å². The van der Waals surface area contributed by atoms with Crippen LogP contribution in [0.3, 0.4) is 0 Å². The standard InChI is InChI=1S/C23H28N2O4S/c1-23(2,3)17-6-8-18(9-7-17)24-20(26)15-29-22(28)16-10-12-25(13-11-16)21(27)19-5-4-14-30-19/h4-9,14,16H,10-13,15H2,1-3H3,(H,24,26). The second-order valence-electron chi connectivity index (χ2n) is 8.53. The zero-order valence-corrected chi connectivity index (χ0v) is 18.5. The third kappa shape index (κ3) is 5.69. The number of amides is 2. The Morgan fingerprint density at radius 1 is 1.10 bits per heavy atom. The monoisotopic (exact) mass is 428 g/mol. The van der Waals surface area contributed by atoms with Crippen molar-refractivity contribution in [3.63, 3.8) is 0 Å². The summed E-state index contributed by atoms with van der Waals surface area (Å²) in [5.74, 6) is -1.02. The highest BCUT2D eigenvalue weighted by molar-refractivity contribution is 7.12. The lowest BCUT2D eigenvalue weighted by atomic mass is 9.87. The molecule has 2 amide bonds. The topological polar surface area (TPSA) is 75.7 Å². The van der Waals surface area contributed by atoms with Crippen LogP contribution in [0.1, 0.15) is 48.8 Å². The van der Waals surface area contributed by atoms with Gasteiger partial charge in [0.2, 0.25) is 0 Å². The molecule has 1 fully saturated rings. The lowest BCUT2D eigenvalue weighted by Crippen LogP contribution is -2.40. The maximum absolute atomic E-state index is 12.4. The molecule has 30 heavy (non-hydrogen) atoms. The highest BCUT2D eigenvalue weighted by Gasteiger charge is 2.29. The summed E-state index contributed by atoms with van der Waals surface area (Å²) in [6.07, 6.45) is 1.09. The van der Waals surface area contributed by atoms with Crippen molar-refractivity contribution in [2.45, 2.75) is 39.0 Å². The van der Waals surface area contributed by atoms with E-state index in [0.717, 1.165) is 0 Å². The maximum Gasteiger partial charge on any atom is 0.309 e. The molecule has 2 heterocycles. The van der Waals surface area contributed by atoms with Crippen LogP contribution in [0.4, 0.5) is 5.69 Å². The van der Waals surface area contributed by atoms with Crippen molar-refractivity contribution in [2.75, 3.05) is 25.0 Å². The number of esters is 1. The molecule has 1 aromatic heterocycles. The van der Waals surface area contributed by atoms with Crippen LogP contribution in [0.5, 0.6) is 0 Å². The molecule has 1 N–H and O–H groups in total. The summed E-state index contributed by atoms with van der Waals surface area (Å²) in [7, 11) is 0. The second kappa shape index (κ2) is 9.43. The molecule has 1 saturated heterocycles. The van der Waals surface area contributed by atoms with Crippen LogP contribution >= 0.6 is 11.3 Å². The molecule has 2 aromatic rings. The Hall–Kier alpha value is -2.67. The Balaban J connectivity index is 1.41. The summed E-state index contributed by atoms with van der Waals surface area (Å²) >= 11 is 1.42. The van der Waals surface area contributed by atoms with E-state index in [1.54, 1.807) is 4.90 Å². The van der Waals surface area contributed by atoms with Gasteiger partial charge in [-0.15, -0.1) is 11.3 Å². The summed E-state index contributed by atoms with van der Waals surface area (Å²) in [6.45, 7) is 7.10. The molecule has 0 saturated carbocycles. The maximum atomic E-state index is 12.4. The first-order valence-corrected chi connectivity index (χ1v) is 11.0. The number of nitrogens with one attached hydrogen (secondary N) is 1. The van der Waals surface area contributed by atoms with Gasteiger partial charge in [0.1, 0.15) is 0 Å². The third-order valence-electron chi connectivity index (χ3n) is 5.23. The Labute approximate surface area is 181 Å². The number of benzene rings is 1. The minimum Gasteiger partial charge on any atom is -0.455 e. The fraction of sp³-hybridized carbons (Fsp3) is 0.435. The van der Waals surface area contributed by atoms with E-state index in [2.05, 4.69) is 26.1 Å². The Morgan fingerprint density at radius 2 is 1.77 bits per heavy atom. The summed E-state index contributed by atoms with van der Waals surface area (Å²) in [6, 6.07) is 11.3. The molecule has 0 unspecified atom stereocenters. The molecule has 0 spiro atoms. The number of likely N-dealkylation sites (tertiary alicyclic amines) is 1. The molecular weight excluding hydrogens is 400 g/mol. The molecule has 6 nitrogen and oxygen atoms in total. The molecule has 0 atom stereocenters. The number of thiophene rings is 1. The number of rotatable bonds is 5. The van der Waals surface area contributed by atoms with Gasteiger partial charge in [0.15, 0.2) is 6.61 Å². The molecule has 0 radical (unpaired) electrons. The van der Waals surface area contributed by atoms with Gasteiger partial charge in [0.25, 0.3) is 11.8 Å². The summed E-state index contributed by atoms with van der Waals surface area (Å²) in [5, 5.41) is 4.62. The van der Waals surface area contributed by atoms with Gasteiger partial charge in [-0.1, -0.05) is 39.0 Å². The molecule has 0 aliphatic carbocycles. The van der Waals surface area contributed by atoms with Crippen molar-refractivity contribution >= 4 is 34.8 Å². The van der Waals surface area contributed by atoms with E-state index in [4.69, 9.17) is 4.74 Å². The van der Waals surface area contributed by atoms with Gasteiger partial charge >= 0.3 is 5.97 Å². The zero-order valence-electron chi connectivity index (χ0n) is 17.6. The van der Waals surface area contributed by atoms with Crippen LogP contribution in [-0.4, -0.2) is 42.4 Å². The molecule has 7 heteroatoms. The number of hydrogen-bond acceptors (Lipinski definition) is 5. The molecule has 1 aliphatic heterocycles. The van der Waals surface area contributed by atoms with Crippen molar-refractivity contribution in [1.82, 2.24) is 4.90 Å². The van der Waals surface area contributed by atoms with Crippen LogP contribution in [0.25, 0.3) is 0 Å². The first kappa shape index (κ1) is 22.0. The number of hydrogen-bond donors (Lipinski definition) is 1. The van der Waals surface area contributed by atoms with Crippen molar-refractivity contribution < 1.29 is 19.1 Å². The summed E-state index contributed by atoms with van der Waals surface area (Å²) in [4.78, 5) is 39.3. The number of ether oxygens (including phenoxy) is 1. The molecule has 1 aromatic carbocycles. The van der Waals surface area contributed by atoms with E-state index in [-0.39, 0.29) is 35.7 Å². The molecular formula is C23H28N2O4S. The number of carbonyl (C=O) groups is 3. The average molecular weight is 429 g/mol. The number of nitrogens with zero attached hydrogens (tertiary/aromatic N) is 1. The Kier molecular flexibility index (Phi) is 6.92. The predicted octanol–water partition coefficient (Wildman–Crippen LogP) is 4.08. The Bertz CT molecular complexity index is 877. The van der Waals surface area contributed by atoms with E-state index in [1.807, 2.05) is 41.8 Å². The fourth-order valence-corrected chi connectivity index (χ4v) is 4.07. The first-order chi connectivity index (χ1) is 14.2. The predicted molar refractivity (Wildman–Crippen MR) is 118 cm³/mol. The average Bonchev–Trinajstić information content (AvgIpc) is 3.26. The van der Waals surface area contributed by atoms with Crippen LogP contribution < -0.4 is 5.32 Å². The van der Waals surface area contributed by atoms with Crippen molar-refractivity contribution in [2.24, 2.45) is 5.92 Å². The van der Waals surface area contributed by atoms with Crippen molar-refractivity contribution in [3.8, 4) is 0 Å². The van der Waals surface area contributed by atoms with E-state index in [1.165, 1.54) is 16.9 Å². The van der Waals surface area contributed by atoms with Crippen molar-refractivity contribution in [1.29, 1.82) is 0 Å². The smallest absolute Gasteiger partial charge is 0.309 e. The van der Waals surface area contributed by atoms with Gasteiger partial charge in [-0.25, -0.2) is 0 Å². The van der Waals surface area contributed by atoms with Gasteiger partial charge in [-0.2, -0.15) is 0 Å².